The summed E-state index contributed by atoms with van der Waals surface area (Å²) >= 11 is 0. The zero-order valence-corrected chi connectivity index (χ0v) is 15.0. The molecule has 2 unspecified atom stereocenters. The van der Waals surface area contributed by atoms with Crippen molar-refractivity contribution in [1.82, 2.24) is 9.80 Å². The maximum atomic E-state index is 13.4. The highest BCUT2D eigenvalue weighted by molar-refractivity contribution is 5.77. The van der Waals surface area contributed by atoms with Crippen molar-refractivity contribution in [3.63, 3.8) is 0 Å². The molecule has 1 aliphatic rings. The Morgan fingerprint density at radius 1 is 1.33 bits per heavy atom. The molecule has 0 aromatic heterocycles. The van der Waals surface area contributed by atoms with E-state index in [-0.39, 0.29) is 38.3 Å². The van der Waals surface area contributed by atoms with Crippen LogP contribution in [-0.2, 0) is 14.3 Å². The van der Waals surface area contributed by atoms with Gasteiger partial charge in [-0.05, 0) is 12.6 Å². The van der Waals surface area contributed by atoms with Crippen LogP contribution in [0.25, 0.3) is 0 Å². The van der Waals surface area contributed by atoms with Gasteiger partial charge in [-0.25, -0.2) is 0 Å². The molecule has 1 aliphatic heterocycles. The van der Waals surface area contributed by atoms with E-state index in [0.29, 0.717) is 0 Å². The molecule has 9 heteroatoms. The van der Waals surface area contributed by atoms with Crippen LogP contribution >= 0.6 is 0 Å². The summed E-state index contributed by atoms with van der Waals surface area (Å²) in [6.07, 6.45) is -5.62. The molecule has 27 heavy (non-hydrogen) atoms. The summed E-state index contributed by atoms with van der Waals surface area (Å²) in [5, 5.41) is 8.78. The number of carboxylic acids is 1. The minimum absolute atomic E-state index is 0.0596. The number of rotatable bonds is 7. The van der Waals surface area contributed by atoms with Gasteiger partial charge in [-0.1, -0.05) is 30.3 Å². The fraction of sp³-hybridized carbons (Fsp3) is 0.556. The van der Waals surface area contributed by atoms with Crippen LogP contribution in [0.2, 0.25) is 0 Å². The van der Waals surface area contributed by atoms with Gasteiger partial charge in [0.25, 0.3) is 0 Å². The standard InChI is InChI=1S/C18H23F3N2O4/c1-22(12-17(25)26)10-14-11-23(7-8-27-14)16(24)9-15(18(19,20)21)13-5-3-2-4-6-13/h2-6,14-15H,7-12H2,1H3,(H,25,26). The van der Waals surface area contributed by atoms with Gasteiger partial charge in [0.15, 0.2) is 0 Å². The molecule has 2 atom stereocenters. The normalized spacial score (nSPS) is 19.1. The summed E-state index contributed by atoms with van der Waals surface area (Å²) in [5.74, 6) is -3.44. The first-order valence-corrected chi connectivity index (χ1v) is 8.58. The summed E-state index contributed by atoms with van der Waals surface area (Å²) < 4.78 is 45.9. The SMILES string of the molecule is CN(CC(=O)O)CC1CN(C(=O)CC(c2ccccc2)C(F)(F)F)CCO1. The molecule has 0 spiro atoms. The minimum atomic E-state index is -4.52. The number of likely N-dealkylation sites (N-methyl/N-ethyl adjacent to an activating group) is 1. The quantitative estimate of drug-likeness (QED) is 0.774. The number of nitrogens with zero attached hydrogens (tertiary/aromatic N) is 2. The Hall–Kier alpha value is -2.13. The molecule has 2 rings (SSSR count). The number of aliphatic carboxylic acids is 1. The third-order valence-corrected chi connectivity index (χ3v) is 4.39. The van der Waals surface area contributed by atoms with Crippen LogP contribution in [0.15, 0.2) is 30.3 Å². The number of carbonyl (C=O) groups is 2. The van der Waals surface area contributed by atoms with Crippen molar-refractivity contribution in [3.05, 3.63) is 35.9 Å². The van der Waals surface area contributed by atoms with Gasteiger partial charge < -0.3 is 14.7 Å². The summed E-state index contributed by atoms with van der Waals surface area (Å²) in [6.45, 7) is 0.661. The first kappa shape index (κ1) is 21.2. The third kappa shape index (κ3) is 6.51. The van der Waals surface area contributed by atoms with E-state index in [1.807, 2.05) is 0 Å². The van der Waals surface area contributed by atoms with Crippen LogP contribution in [0.1, 0.15) is 17.9 Å². The van der Waals surface area contributed by atoms with Crippen molar-refractivity contribution in [2.45, 2.75) is 24.6 Å². The average molecular weight is 388 g/mol. The Bertz CT molecular complexity index is 639. The molecule has 6 nitrogen and oxygen atoms in total. The Morgan fingerprint density at radius 3 is 2.59 bits per heavy atom. The van der Waals surface area contributed by atoms with Gasteiger partial charge in [-0.15, -0.1) is 0 Å². The van der Waals surface area contributed by atoms with Gasteiger partial charge in [0.05, 0.1) is 25.2 Å². The zero-order valence-electron chi connectivity index (χ0n) is 15.0. The lowest BCUT2D eigenvalue weighted by atomic mass is 9.94. The molecular formula is C18H23F3N2O4. The first-order chi connectivity index (χ1) is 12.7. The molecule has 1 aromatic rings. The second kappa shape index (κ2) is 9.18. The molecule has 0 saturated carbocycles. The summed E-state index contributed by atoms with van der Waals surface area (Å²) in [4.78, 5) is 26.1. The van der Waals surface area contributed by atoms with Gasteiger partial charge in [0.2, 0.25) is 5.91 Å². The lowest BCUT2D eigenvalue weighted by Crippen LogP contribution is -2.50. The minimum Gasteiger partial charge on any atom is -0.480 e. The number of carbonyl (C=O) groups excluding carboxylic acids is 1. The number of ether oxygens (including phenoxy) is 1. The number of benzene rings is 1. The van der Waals surface area contributed by atoms with E-state index in [0.717, 1.165) is 0 Å². The summed E-state index contributed by atoms with van der Waals surface area (Å²) in [7, 11) is 1.60. The molecule has 0 radical (unpaired) electrons. The van der Waals surface area contributed by atoms with Gasteiger partial charge in [-0.2, -0.15) is 13.2 Å². The summed E-state index contributed by atoms with van der Waals surface area (Å²) in [5.41, 5.74) is 0.0596. The number of amides is 1. The number of hydrogen-bond donors (Lipinski definition) is 1. The van der Waals surface area contributed by atoms with Crippen molar-refractivity contribution in [3.8, 4) is 0 Å². The maximum absolute atomic E-state index is 13.4. The molecule has 150 valence electrons. The van der Waals surface area contributed by atoms with E-state index < -0.39 is 36.5 Å². The largest absolute Gasteiger partial charge is 0.480 e. The van der Waals surface area contributed by atoms with Crippen LogP contribution in [0, 0.1) is 0 Å². The molecule has 1 aromatic carbocycles. The molecule has 0 aliphatic carbocycles. The van der Waals surface area contributed by atoms with Crippen LogP contribution < -0.4 is 0 Å². The Labute approximate surface area is 155 Å². The fourth-order valence-corrected chi connectivity index (χ4v) is 3.11. The maximum Gasteiger partial charge on any atom is 0.396 e. The molecule has 1 N–H and O–H groups in total. The number of hydrogen-bond acceptors (Lipinski definition) is 4. The number of halogens is 3. The predicted molar refractivity (Wildman–Crippen MR) is 91.3 cm³/mol. The number of carboxylic acid groups (broad SMARTS) is 1. The predicted octanol–water partition coefficient (Wildman–Crippen LogP) is 1.97. The summed E-state index contributed by atoms with van der Waals surface area (Å²) in [6, 6.07) is 7.39. The molecular weight excluding hydrogens is 365 g/mol. The van der Waals surface area contributed by atoms with E-state index in [2.05, 4.69) is 0 Å². The molecule has 0 bridgehead atoms. The fourth-order valence-electron chi connectivity index (χ4n) is 3.11. The highest BCUT2D eigenvalue weighted by atomic mass is 19.4. The highest BCUT2D eigenvalue weighted by Crippen LogP contribution is 2.37. The Kier molecular flexibility index (Phi) is 7.20. The highest BCUT2D eigenvalue weighted by Gasteiger charge is 2.42. The van der Waals surface area contributed by atoms with Crippen molar-refractivity contribution < 1.29 is 32.6 Å². The van der Waals surface area contributed by atoms with Crippen molar-refractivity contribution >= 4 is 11.9 Å². The lowest BCUT2D eigenvalue weighted by molar-refractivity contribution is -0.163. The van der Waals surface area contributed by atoms with Crippen LogP contribution in [0.4, 0.5) is 13.2 Å². The molecule has 1 fully saturated rings. The second-order valence-electron chi connectivity index (χ2n) is 6.63. The molecule has 1 amide bonds. The monoisotopic (exact) mass is 388 g/mol. The van der Waals surface area contributed by atoms with Crippen molar-refractivity contribution in [2.75, 3.05) is 39.8 Å². The average Bonchev–Trinajstić information content (AvgIpc) is 2.58. The van der Waals surface area contributed by atoms with E-state index in [1.165, 1.54) is 34.1 Å². The van der Waals surface area contributed by atoms with Gasteiger partial charge in [0.1, 0.15) is 0 Å². The third-order valence-electron chi connectivity index (χ3n) is 4.39. The first-order valence-electron chi connectivity index (χ1n) is 8.58. The van der Waals surface area contributed by atoms with Gasteiger partial charge >= 0.3 is 12.1 Å². The number of morpholine rings is 1. The van der Waals surface area contributed by atoms with Crippen LogP contribution in [0.5, 0.6) is 0 Å². The van der Waals surface area contributed by atoms with Crippen molar-refractivity contribution in [2.24, 2.45) is 0 Å². The van der Waals surface area contributed by atoms with Gasteiger partial charge in [-0.3, -0.25) is 14.5 Å². The Morgan fingerprint density at radius 2 is 2.00 bits per heavy atom. The smallest absolute Gasteiger partial charge is 0.396 e. The topological polar surface area (TPSA) is 70.1 Å². The van der Waals surface area contributed by atoms with Gasteiger partial charge in [0, 0.05) is 26.1 Å². The zero-order chi connectivity index (χ0) is 20.0. The van der Waals surface area contributed by atoms with Crippen LogP contribution in [0.3, 0.4) is 0 Å². The van der Waals surface area contributed by atoms with Crippen molar-refractivity contribution in [1.29, 1.82) is 0 Å². The molecule has 1 heterocycles. The van der Waals surface area contributed by atoms with E-state index in [4.69, 9.17) is 9.84 Å². The van der Waals surface area contributed by atoms with E-state index in [9.17, 15) is 22.8 Å². The lowest BCUT2D eigenvalue weighted by Gasteiger charge is -2.35. The van der Waals surface area contributed by atoms with E-state index >= 15 is 0 Å². The van der Waals surface area contributed by atoms with Crippen LogP contribution in [-0.4, -0.2) is 78.9 Å². The number of alkyl halides is 3. The second-order valence-corrected chi connectivity index (χ2v) is 6.63. The molecule has 1 saturated heterocycles. The van der Waals surface area contributed by atoms with E-state index in [1.54, 1.807) is 13.1 Å². The Balaban J connectivity index is 2.00.